The van der Waals surface area contributed by atoms with Crippen LogP contribution in [0.5, 0.6) is 0 Å². The van der Waals surface area contributed by atoms with Gasteiger partial charge in [-0.2, -0.15) is 5.10 Å². The van der Waals surface area contributed by atoms with E-state index in [4.69, 9.17) is 0 Å². The van der Waals surface area contributed by atoms with Gasteiger partial charge in [0, 0.05) is 18.0 Å². The van der Waals surface area contributed by atoms with Crippen molar-refractivity contribution in [2.45, 2.75) is 12.5 Å². The maximum Gasteiger partial charge on any atom is 0.341 e. The topological polar surface area (TPSA) is 114 Å². The lowest BCUT2D eigenvalue weighted by Gasteiger charge is -2.22. The Hall–Kier alpha value is -3.56. The minimum Gasteiger partial charge on any atom is -0.481 e. The molecular weight excluding hydrogens is 364 g/mol. The summed E-state index contributed by atoms with van der Waals surface area (Å²) in [7, 11) is 1.12. The van der Waals surface area contributed by atoms with E-state index in [0.717, 1.165) is 17.7 Å². The lowest BCUT2D eigenvalue weighted by molar-refractivity contribution is -0.137. The number of aliphatic carboxylic acids is 1. The zero-order valence-corrected chi connectivity index (χ0v) is 13.9. The van der Waals surface area contributed by atoms with Crippen LogP contribution in [0.1, 0.15) is 28.4 Å². The molecule has 8 nitrogen and oxygen atoms in total. The number of benzene rings is 1. The molecule has 2 N–H and O–H groups in total. The Bertz CT molecular complexity index is 1060. The molecule has 3 rings (SSSR count). The van der Waals surface area contributed by atoms with Crippen LogP contribution in [0.2, 0.25) is 0 Å². The Morgan fingerprint density at radius 3 is 2.74 bits per heavy atom. The number of ether oxygens (including phenoxy) is 1. The molecule has 1 atom stereocenters. The van der Waals surface area contributed by atoms with Gasteiger partial charge < -0.3 is 14.4 Å². The number of halogens is 2. The summed E-state index contributed by atoms with van der Waals surface area (Å²) in [5, 5.41) is 15.2. The van der Waals surface area contributed by atoms with E-state index in [9.17, 15) is 28.3 Å². The number of carboxylic acid groups (broad SMARTS) is 1. The largest absolute Gasteiger partial charge is 0.481 e. The van der Waals surface area contributed by atoms with E-state index in [-0.39, 0.29) is 22.4 Å². The standard InChI is InChI=1S/C17H13F2N3O5/c1-27-17(26)10-7-22(6-9-15(10)20-21-16(9)25)12(5-13(23)24)8-3-2-4-11(18)14(8)19/h2-4,6-7,12H,5H2,1H3,(H,21,25)(H,23,24). The molecule has 1 aromatic carbocycles. The summed E-state index contributed by atoms with van der Waals surface area (Å²) in [6, 6.07) is 2.14. The highest BCUT2D eigenvalue weighted by atomic mass is 19.2. The molecule has 0 radical (unpaired) electrons. The summed E-state index contributed by atoms with van der Waals surface area (Å²) in [4.78, 5) is 35.3. The molecular formula is C17H13F2N3O5. The van der Waals surface area contributed by atoms with Crippen molar-refractivity contribution in [3.8, 4) is 11.3 Å². The first kappa shape index (κ1) is 18.2. The van der Waals surface area contributed by atoms with Gasteiger partial charge in [-0.1, -0.05) is 12.1 Å². The number of nitrogens with zero attached hydrogens (tertiary/aromatic N) is 2. The fourth-order valence-electron chi connectivity index (χ4n) is 2.81. The Morgan fingerprint density at radius 2 is 2.07 bits per heavy atom. The molecule has 0 fully saturated rings. The van der Waals surface area contributed by atoms with E-state index in [1.165, 1.54) is 24.5 Å². The highest BCUT2D eigenvalue weighted by molar-refractivity contribution is 5.96. The van der Waals surface area contributed by atoms with Crippen molar-refractivity contribution < 1.29 is 28.2 Å². The summed E-state index contributed by atoms with van der Waals surface area (Å²) in [5.41, 5.74) is -0.991. The predicted molar refractivity (Wildman–Crippen MR) is 87.6 cm³/mol. The number of aromatic amines is 1. The predicted octanol–water partition coefficient (Wildman–Crippen LogP) is 1.81. The van der Waals surface area contributed by atoms with Crippen LogP contribution in [0.15, 0.2) is 35.4 Å². The second kappa shape index (κ2) is 6.98. The Morgan fingerprint density at radius 1 is 1.33 bits per heavy atom. The molecule has 0 saturated heterocycles. The summed E-state index contributed by atoms with van der Waals surface area (Å²) in [6.45, 7) is 0. The summed E-state index contributed by atoms with van der Waals surface area (Å²) in [5.74, 6) is -4.48. The number of fused-ring (bicyclic) bond motifs is 1. The zero-order valence-electron chi connectivity index (χ0n) is 13.9. The molecule has 0 aliphatic carbocycles. The molecule has 0 saturated carbocycles. The molecule has 0 aromatic heterocycles. The second-order valence-electron chi connectivity index (χ2n) is 5.68. The number of methoxy groups -OCH3 is 1. The molecule has 27 heavy (non-hydrogen) atoms. The van der Waals surface area contributed by atoms with Crippen LogP contribution in [-0.2, 0) is 9.53 Å². The van der Waals surface area contributed by atoms with E-state index >= 15 is 0 Å². The van der Waals surface area contributed by atoms with Crippen LogP contribution in [0.25, 0.3) is 11.3 Å². The zero-order chi connectivity index (χ0) is 19.7. The Balaban J connectivity index is 2.27. The molecule has 10 heteroatoms. The van der Waals surface area contributed by atoms with Crippen LogP contribution < -0.4 is 5.56 Å². The van der Waals surface area contributed by atoms with Crippen molar-refractivity contribution in [1.82, 2.24) is 14.8 Å². The first-order chi connectivity index (χ1) is 12.8. The lowest BCUT2D eigenvalue weighted by Crippen LogP contribution is -2.20. The summed E-state index contributed by atoms with van der Waals surface area (Å²) in [6.07, 6.45) is 1.79. The van der Waals surface area contributed by atoms with Crippen LogP contribution in [0.3, 0.4) is 0 Å². The molecule has 1 aromatic rings. The quantitative estimate of drug-likeness (QED) is 0.656. The molecule has 2 aliphatic rings. The number of pyridine rings is 1. The van der Waals surface area contributed by atoms with Crippen LogP contribution in [0.4, 0.5) is 8.78 Å². The van der Waals surface area contributed by atoms with Gasteiger partial charge in [0.2, 0.25) is 0 Å². The average molecular weight is 377 g/mol. The number of aromatic nitrogens is 3. The molecule has 2 aliphatic heterocycles. The number of H-pyrrole nitrogens is 1. The summed E-state index contributed by atoms with van der Waals surface area (Å²) < 4.78 is 33.8. The first-order valence-corrected chi connectivity index (χ1v) is 7.67. The lowest BCUT2D eigenvalue weighted by atomic mass is 10.0. The van der Waals surface area contributed by atoms with E-state index in [2.05, 4.69) is 14.9 Å². The number of hydrogen-bond acceptors (Lipinski definition) is 5. The van der Waals surface area contributed by atoms with Gasteiger partial charge >= 0.3 is 11.9 Å². The van der Waals surface area contributed by atoms with Gasteiger partial charge in [0.1, 0.15) is 11.3 Å². The number of nitrogens with one attached hydrogen (secondary N) is 1. The van der Waals surface area contributed by atoms with E-state index in [1.54, 1.807) is 0 Å². The van der Waals surface area contributed by atoms with Crippen LogP contribution >= 0.6 is 0 Å². The number of carbonyl (C=O) groups excluding carboxylic acids is 1. The minimum absolute atomic E-state index is 0.0231. The Labute approximate surface area is 150 Å². The van der Waals surface area contributed by atoms with Gasteiger partial charge in [-0.3, -0.25) is 9.59 Å². The molecule has 2 heterocycles. The molecule has 0 bridgehead atoms. The summed E-state index contributed by atoms with van der Waals surface area (Å²) >= 11 is 0. The van der Waals surface area contributed by atoms with Crippen LogP contribution in [0, 0.1) is 11.6 Å². The maximum absolute atomic E-state index is 14.3. The number of rotatable bonds is 5. The van der Waals surface area contributed by atoms with Crippen molar-refractivity contribution in [2.24, 2.45) is 0 Å². The smallest absolute Gasteiger partial charge is 0.341 e. The van der Waals surface area contributed by atoms with Gasteiger partial charge in [-0.25, -0.2) is 18.7 Å². The minimum atomic E-state index is -1.29. The highest BCUT2D eigenvalue weighted by Crippen LogP contribution is 2.30. The molecule has 140 valence electrons. The number of carboxylic acids is 1. The average Bonchev–Trinajstić information content (AvgIpc) is 3.02. The molecule has 0 spiro atoms. The van der Waals surface area contributed by atoms with Crippen molar-refractivity contribution in [3.63, 3.8) is 0 Å². The van der Waals surface area contributed by atoms with Gasteiger partial charge in [-0.15, -0.1) is 0 Å². The number of esters is 1. The monoisotopic (exact) mass is 377 g/mol. The second-order valence-corrected chi connectivity index (χ2v) is 5.68. The number of hydrogen-bond donors (Lipinski definition) is 2. The fourth-order valence-corrected chi connectivity index (χ4v) is 2.81. The van der Waals surface area contributed by atoms with Gasteiger partial charge in [0.25, 0.3) is 5.56 Å². The van der Waals surface area contributed by atoms with Crippen LogP contribution in [-0.4, -0.2) is 38.9 Å². The third-order valence-corrected chi connectivity index (χ3v) is 4.05. The van der Waals surface area contributed by atoms with Crippen molar-refractivity contribution >= 4 is 11.9 Å². The van der Waals surface area contributed by atoms with Gasteiger partial charge in [0.15, 0.2) is 11.6 Å². The van der Waals surface area contributed by atoms with E-state index < -0.39 is 41.6 Å². The molecule has 1 unspecified atom stereocenters. The van der Waals surface area contributed by atoms with Crippen molar-refractivity contribution in [1.29, 1.82) is 0 Å². The number of carbonyl (C=O) groups is 2. The van der Waals surface area contributed by atoms with Crippen molar-refractivity contribution in [2.75, 3.05) is 7.11 Å². The van der Waals surface area contributed by atoms with E-state index in [1.807, 2.05) is 0 Å². The van der Waals surface area contributed by atoms with Gasteiger partial charge in [0.05, 0.1) is 25.1 Å². The molecule has 0 amide bonds. The third-order valence-electron chi connectivity index (χ3n) is 4.05. The normalized spacial score (nSPS) is 12.1. The third kappa shape index (κ3) is 3.28. The SMILES string of the molecule is COC(=O)c1cn(C(CC(=O)O)c2cccc(F)c2F)cc2c(=O)[nH]nc1-2. The maximum atomic E-state index is 14.3. The highest BCUT2D eigenvalue weighted by Gasteiger charge is 2.27. The first-order valence-electron chi connectivity index (χ1n) is 7.67. The van der Waals surface area contributed by atoms with Gasteiger partial charge in [-0.05, 0) is 6.07 Å². The van der Waals surface area contributed by atoms with E-state index in [0.29, 0.717) is 0 Å². The fraction of sp³-hybridized carbons (Fsp3) is 0.176. The van der Waals surface area contributed by atoms with Crippen molar-refractivity contribution in [3.05, 3.63) is 63.7 Å². The Kier molecular flexibility index (Phi) is 4.72.